The third-order valence-electron chi connectivity index (χ3n) is 3.07. The van der Waals surface area contributed by atoms with Crippen LogP contribution >= 0.6 is 0 Å². The lowest BCUT2D eigenvalue weighted by Crippen LogP contribution is -2.24. The molecule has 2 aromatic carbocycles. The van der Waals surface area contributed by atoms with E-state index in [1.54, 1.807) is 13.3 Å². The number of methoxy groups -OCH3 is 1. The van der Waals surface area contributed by atoms with E-state index in [0.717, 1.165) is 22.1 Å². The van der Waals surface area contributed by atoms with Gasteiger partial charge < -0.3 is 10.5 Å². The first-order valence-corrected chi connectivity index (χ1v) is 6.26. The average molecular weight is 271 g/mol. The second-order valence-corrected chi connectivity index (χ2v) is 4.52. The molecule has 2 rings (SSSR count). The van der Waals surface area contributed by atoms with Crippen LogP contribution in [0.1, 0.15) is 18.4 Å². The van der Waals surface area contributed by atoms with Crippen LogP contribution in [0.2, 0.25) is 0 Å². The standard InChI is InChI=1S/C15H17N3O2/c1-10(9-17-18-15(16)19)11-3-4-13-8-14(20-2)6-5-12(13)7-11/h3-10H,1-2H3,(H3,16,18,19). The molecule has 2 aromatic rings. The van der Waals surface area contributed by atoms with Gasteiger partial charge in [-0.1, -0.05) is 31.2 Å². The maximum absolute atomic E-state index is 10.5. The number of rotatable bonds is 4. The molecule has 0 radical (unpaired) electrons. The fourth-order valence-corrected chi connectivity index (χ4v) is 1.95. The Bertz CT molecular complexity index is 653. The van der Waals surface area contributed by atoms with Gasteiger partial charge in [0, 0.05) is 12.1 Å². The summed E-state index contributed by atoms with van der Waals surface area (Å²) in [6.45, 7) is 2.00. The van der Waals surface area contributed by atoms with Gasteiger partial charge in [0.25, 0.3) is 0 Å². The van der Waals surface area contributed by atoms with Gasteiger partial charge in [-0.25, -0.2) is 10.2 Å². The first-order valence-electron chi connectivity index (χ1n) is 6.26. The molecule has 0 aliphatic heterocycles. The molecule has 5 nitrogen and oxygen atoms in total. The molecule has 0 bridgehead atoms. The summed E-state index contributed by atoms with van der Waals surface area (Å²) in [7, 11) is 1.65. The number of fused-ring (bicyclic) bond motifs is 1. The van der Waals surface area contributed by atoms with Gasteiger partial charge >= 0.3 is 6.03 Å². The number of carbonyl (C=O) groups excluding carboxylic acids is 1. The molecule has 1 unspecified atom stereocenters. The van der Waals surface area contributed by atoms with Crippen LogP contribution < -0.4 is 15.9 Å². The largest absolute Gasteiger partial charge is 0.497 e. The van der Waals surface area contributed by atoms with Crippen molar-refractivity contribution in [1.82, 2.24) is 5.43 Å². The predicted molar refractivity (Wildman–Crippen MR) is 80.1 cm³/mol. The Balaban J connectivity index is 2.23. The number of urea groups is 1. The number of hydrazone groups is 1. The van der Waals surface area contributed by atoms with Crippen LogP contribution in [-0.4, -0.2) is 19.4 Å². The van der Waals surface area contributed by atoms with Crippen molar-refractivity contribution >= 4 is 23.0 Å². The Kier molecular flexibility index (Phi) is 4.20. The highest BCUT2D eigenvalue weighted by Crippen LogP contribution is 2.24. The molecule has 0 spiro atoms. The lowest BCUT2D eigenvalue weighted by atomic mass is 9.98. The summed E-state index contributed by atoms with van der Waals surface area (Å²) in [5.41, 5.74) is 8.24. The van der Waals surface area contributed by atoms with E-state index in [2.05, 4.69) is 16.6 Å². The minimum Gasteiger partial charge on any atom is -0.497 e. The van der Waals surface area contributed by atoms with Gasteiger partial charge in [0.2, 0.25) is 0 Å². The lowest BCUT2D eigenvalue weighted by Gasteiger charge is -2.08. The molecule has 0 heterocycles. The van der Waals surface area contributed by atoms with E-state index in [4.69, 9.17) is 10.5 Å². The molecule has 0 aliphatic carbocycles. The van der Waals surface area contributed by atoms with Crippen molar-refractivity contribution in [2.24, 2.45) is 10.8 Å². The SMILES string of the molecule is COc1ccc2cc(C(C)C=NNC(N)=O)ccc2c1. The fraction of sp³-hybridized carbons (Fsp3) is 0.200. The quantitative estimate of drug-likeness (QED) is 0.662. The zero-order valence-electron chi connectivity index (χ0n) is 11.5. The van der Waals surface area contributed by atoms with E-state index >= 15 is 0 Å². The molecule has 0 saturated carbocycles. The Hall–Kier alpha value is -2.56. The van der Waals surface area contributed by atoms with E-state index < -0.39 is 6.03 Å². The topological polar surface area (TPSA) is 76.7 Å². The highest BCUT2D eigenvalue weighted by atomic mass is 16.5. The Morgan fingerprint density at radius 3 is 2.70 bits per heavy atom. The van der Waals surface area contributed by atoms with Gasteiger partial charge in [-0.2, -0.15) is 5.10 Å². The van der Waals surface area contributed by atoms with Crippen LogP contribution in [0.4, 0.5) is 4.79 Å². The number of benzene rings is 2. The summed E-state index contributed by atoms with van der Waals surface area (Å²) in [6, 6.07) is 11.4. The third-order valence-corrected chi connectivity index (χ3v) is 3.07. The van der Waals surface area contributed by atoms with Gasteiger partial charge in [0.15, 0.2) is 0 Å². The summed E-state index contributed by atoms with van der Waals surface area (Å²) in [4.78, 5) is 10.5. The van der Waals surface area contributed by atoms with E-state index in [1.165, 1.54) is 0 Å². The van der Waals surface area contributed by atoms with Crippen molar-refractivity contribution in [2.75, 3.05) is 7.11 Å². The number of amides is 2. The van der Waals surface area contributed by atoms with Crippen LogP contribution in [0.3, 0.4) is 0 Å². The van der Waals surface area contributed by atoms with Crippen LogP contribution in [0.15, 0.2) is 41.5 Å². The maximum atomic E-state index is 10.5. The number of hydrogen-bond donors (Lipinski definition) is 2. The first-order chi connectivity index (χ1) is 9.60. The second kappa shape index (κ2) is 6.06. The number of carbonyl (C=O) groups is 1. The Morgan fingerprint density at radius 1 is 1.30 bits per heavy atom. The van der Waals surface area contributed by atoms with Crippen molar-refractivity contribution in [3.63, 3.8) is 0 Å². The van der Waals surface area contributed by atoms with Gasteiger partial charge in [-0.05, 0) is 28.5 Å². The molecule has 0 aliphatic rings. The smallest absolute Gasteiger partial charge is 0.332 e. The highest BCUT2D eigenvalue weighted by Gasteiger charge is 2.04. The zero-order valence-corrected chi connectivity index (χ0v) is 11.5. The van der Waals surface area contributed by atoms with Crippen molar-refractivity contribution < 1.29 is 9.53 Å². The van der Waals surface area contributed by atoms with Crippen molar-refractivity contribution in [3.8, 4) is 5.75 Å². The average Bonchev–Trinajstić information content (AvgIpc) is 2.45. The van der Waals surface area contributed by atoms with Gasteiger partial charge in [-0.3, -0.25) is 0 Å². The number of hydrogen-bond acceptors (Lipinski definition) is 3. The van der Waals surface area contributed by atoms with Crippen molar-refractivity contribution in [3.05, 3.63) is 42.0 Å². The fourth-order valence-electron chi connectivity index (χ4n) is 1.95. The monoisotopic (exact) mass is 271 g/mol. The molecule has 20 heavy (non-hydrogen) atoms. The van der Waals surface area contributed by atoms with Crippen LogP contribution in [-0.2, 0) is 0 Å². The van der Waals surface area contributed by atoms with E-state index in [-0.39, 0.29) is 5.92 Å². The molecule has 5 heteroatoms. The van der Waals surface area contributed by atoms with Crippen molar-refractivity contribution in [2.45, 2.75) is 12.8 Å². The van der Waals surface area contributed by atoms with Gasteiger partial charge in [-0.15, -0.1) is 0 Å². The minimum absolute atomic E-state index is 0.0772. The highest BCUT2D eigenvalue weighted by molar-refractivity contribution is 5.85. The number of nitrogens with two attached hydrogens (primary N) is 1. The van der Waals surface area contributed by atoms with Gasteiger partial charge in [0.1, 0.15) is 5.75 Å². The number of nitrogens with zero attached hydrogens (tertiary/aromatic N) is 1. The summed E-state index contributed by atoms with van der Waals surface area (Å²) in [6.07, 6.45) is 1.65. The van der Waals surface area contributed by atoms with E-state index in [0.29, 0.717) is 0 Å². The molecule has 104 valence electrons. The second-order valence-electron chi connectivity index (χ2n) is 4.52. The Morgan fingerprint density at radius 2 is 2.00 bits per heavy atom. The summed E-state index contributed by atoms with van der Waals surface area (Å²) in [5, 5.41) is 6.03. The molecule has 0 aromatic heterocycles. The molecule has 2 amide bonds. The maximum Gasteiger partial charge on any atom is 0.332 e. The zero-order chi connectivity index (χ0) is 14.5. The lowest BCUT2D eigenvalue weighted by molar-refractivity contribution is 0.249. The third kappa shape index (κ3) is 3.26. The molecular weight excluding hydrogens is 254 g/mol. The first kappa shape index (κ1) is 13.9. The normalized spacial score (nSPS) is 12.5. The van der Waals surface area contributed by atoms with Crippen LogP contribution in [0.25, 0.3) is 10.8 Å². The minimum atomic E-state index is -0.668. The number of ether oxygens (including phenoxy) is 1. The summed E-state index contributed by atoms with van der Waals surface area (Å²) < 4.78 is 5.20. The summed E-state index contributed by atoms with van der Waals surface area (Å²) >= 11 is 0. The molecule has 3 N–H and O–H groups in total. The van der Waals surface area contributed by atoms with E-state index in [9.17, 15) is 4.79 Å². The molecular formula is C15H17N3O2. The number of nitrogens with one attached hydrogen (secondary N) is 1. The molecule has 1 atom stereocenters. The Labute approximate surface area is 117 Å². The summed E-state index contributed by atoms with van der Waals surface area (Å²) in [5.74, 6) is 0.916. The van der Waals surface area contributed by atoms with Crippen molar-refractivity contribution in [1.29, 1.82) is 0 Å². The van der Waals surface area contributed by atoms with E-state index in [1.807, 2.05) is 37.3 Å². The van der Waals surface area contributed by atoms with Crippen LogP contribution in [0, 0.1) is 0 Å². The van der Waals surface area contributed by atoms with Crippen LogP contribution in [0.5, 0.6) is 5.75 Å². The molecule has 0 saturated heterocycles. The predicted octanol–water partition coefficient (Wildman–Crippen LogP) is 2.61. The molecule has 0 fully saturated rings. The number of primary amides is 1. The van der Waals surface area contributed by atoms with Gasteiger partial charge in [0.05, 0.1) is 7.11 Å².